The number of rotatable bonds is 3. The second-order valence-corrected chi connectivity index (χ2v) is 5.37. The Morgan fingerprint density at radius 3 is 2.68 bits per heavy atom. The summed E-state index contributed by atoms with van der Waals surface area (Å²) in [4.78, 5) is 4.12. The lowest BCUT2D eigenvalue weighted by atomic mass is 10.0. The fourth-order valence-electron chi connectivity index (χ4n) is 1.69. The van der Waals surface area contributed by atoms with Crippen LogP contribution in [0.4, 0.5) is 4.39 Å². The van der Waals surface area contributed by atoms with Gasteiger partial charge in [0.25, 0.3) is 0 Å². The Labute approximate surface area is 128 Å². The van der Waals surface area contributed by atoms with E-state index < -0.39 is 11.9 Å². The van der Waals surface area contributed by atoms with Crippen LogP contribution in [0.1, 0.15) is 17.3 Å². The highest BCUT2D eigenvalue weighted by Gasteiger charge is 2.22. The van der Waals surface area contributed by atoms with Gasteiger partial charge in [-0.3, -0.25) is 10.8 Å². The van der Waals surface area contributed by atoms with Gasteiger partial charge in [0.1, 0.15) is 5.82 Å². The van der Waals surface area contributed by atoms with Gasteiger partial charge in [-0.1, -0.05) is 29.3 Å². The van der Waals surface area contributed by atoms with Crippen molar-refractivity contribution >= 4 is 39.1 Å². The van der Waals surface area contributed by atoms with Crippen LogP contribution in [0.2, 0.25) is 10.0 Å². The molecule has 100 valence electrons. The summed E-state index contributed by atoms with van der Waals surface area (Å²) in [6.45, 7) is 0. The first-order chi connectivity index (χ1) is 9.06. The molecule has 19 heavy (non-hydrogen) atoms. The van der Waals surface area contributed by atoms with Crippen LogP contribution in [-0.4, -0.2) is 4.98 Å². The molecule has 7 heteroatoms. The molecule has 3 nitrogen and oxygen atoms in total. The van der Waals surface area contributed by atoms with Crippen LogP contribution < -0.4 is 11.3 Å². The number of nitrogens with two attached hydrogens (primary N) is 1. The first-order valence-corrected chi connectivity index (χ1v) is 6.81. The lowest BCUT2D eigenvalue weighted by Crippen LogP contribution is -2.30. The number of benzene rings is 1. The van der Waals surface area contributed by atoms with E-state index in [1.165, 1.54) is 0 Å². The first kappa shape index (κ1) is 14.7. The molecule has 3 N–H and O–H groups in total. The van der Waals surface area contributed by atoms with Crippen LogP contribution >= 0.6 is 39.1 Å². The van der Waals surface area contributed by atoms with Crippen LogP contribution in [-0.2, 0) is 0 Å². The van der Waals surface area contributed by atoms with E-state index in [9.17, 15) is 4.39 Å². The molecule has 2 rings (SSSR count). The molecule has 0 aliphatic carbocycles. The third-order valence-corrected chi connectivity index (χ3v) is 4.18. The Balaban J connectivity index is 2.55. The molecule has 0 radical (unpaired) electrons. The summed E-state index contributed by atoms with van der Waals surface area (Å²) in [5.74, 6) is 4.92. The lowest BCUT2D eigenvalue weighted by Gasteiger charge is -2.18. The zero-order chi connectivity index (χ0) is 14.0. The SMILES string of the molecule is NNC(c1ccc(Br)c(Cl)c1F)c1ncccc1Cl. The van der Waals surface area contributed by atoms with Crippen molar-refractivity contribution in [2.45, 2.75) is 6.04 Å². The van der Waals surface area contributed by atoms with Gasteiger partial charge in [-0.05, 0) is 34.1 Å². The Morgan fingerprint density at radius 2 is 2.05 bits per heavy atom. The van der Waals surface area contributed by atoms with Gasteiger partial charge in [0.15, 0.2) is 0 Å². The molecule has 0 bridgehead atoms. The number of nitrogens with one attached hydrogen (secondary N) is 1. The molecule has 0 aliphatic heterocycles. The molecule has 0 amide bonds. The fourth-order valence-corrected chi connectivity index (χ4v) is 2.40. The minimum atomic E-state index is -0.681. The Morgan fingerprint density at radius 1 is 1.32 bits per heavy atom. The van der Waals surface area contributed by atoms with Crippen LogP contribution in [0.5, 0.6) is 0 Å². The average Bonchev–Trinajstić information content (AvgIpc) is 2.41. The van der Waals surface area contributed by atoms with Gasteiger partial charge >= 0.3 is 0 Å². The van der Waals surface area contributed by atoms with Crippen LogP contribution in [0.3, 0.4) is 0 Å². The van der Waals surface area contributed by atoms with Crippen LogP contribution in [0, 0.1) is 5.82 Å². The molecule has 0 saturated carbocycles. The van der Waals surface area contributed by atoms with Gasteiger partial charge in [-0.15, -0.1) is 0 Å². The predicted molar refractivity (Wildman–Crippen MR) is 77.5 cm³/mol. The third kappa shape index (κ3) is 2.90. The van der Waals surface area contributed by atoms with Gasteiger partial charge in [0.05, 0.1) is 21.8 Å². The number of nitrogens with zero attached hydrogens (tertiary/aromatic N) is 1. The number of aromatic nitrogens is 1. The number of hydrogen-bond acceptors (Lipinski definition) is 3. The highest BCUT2D eigenvalue weighted by molar-refractivity contribution is 9.10. The normalized spacial score (nSPS) is 12.5. The second kappa shape index (κ2) is 6.15. The molecule has 0 spiro atoms. The van der Waals surface area contributed by atoms with Crippen molar-refractivity contribution < 1.29 is 4.39 Å². The number of hydrazine groups is 1. The predicted octanol–water partition coefficient (Wildman–Crippen LogP) is 3.84. The molecule has 1 heterocycles. The van der Waals surface area contributed by atoms with E-state index in [2.05, 4.69) is 26.3 Å². The summed E-state index contributed by atoms with van der Waals surface area (Å²) < 4.78 is 14.7. The Bertz CT molecular complexity index is 610. The third-order valence-electron chi connectivity index (χ3n) is 2.60. The van der Waals surface area contributed by atoms with E-state index in [0.29, 0.717) is 15.2 Å². The second-order valence-electron chi connectivity index (χ2n) is 3.73. The van der Waals surface area contributed by atoms with Crippen molar-refractivity contribution in [3.05, 3.63) is 62.1 Å². The van der Waals surface area contributed by atoms with Crippen molar-refractivity contribution in [1.82, 2.24) is 10.4 Å². The summed E-state index contributed by atoms with van der Waals surface area (Å²) in [7, 11) is 0. The monoisotopic (exact) mass is 363 g/mol. The van der Waals surface area contributed by atoms with E-state index in [1.54, 1.807) is 30.5 Å². The Kier molecular flexibility index (Phi) is 4.76. The average molecular weight is 365 g/mol. The molecule has 1 unspecified atom stereocenters. The fraction of sp³-hybridized carbons (Fsp3) is 0.0833. The molecule has 0 fully saturated rings. The zero-order valence-electron chi connectivity index (χ0n) is 9.50. The summed E-state index contributed by atoms with van der Waals surface area (Å²) in [6.07, 6.45) is 1.56. The quantitative estimate of drug-likeness (QED) is 0.494. The summed E-state index contributed by atoms with van der Waals surface area (Å²) in [6, 6.07) is 5.87. The maximum atomic E-state index is 14.2. The van der Waals surface area contributed by atoms with E-state index in [-0.39, 0.29) is 10.6 Å². The molecule has 2 aromatic rings. The molecule has 1 aromatic heterocycles. The van der Waals surface area contributed by atoms with Gasteiger partial charge in [0, 0.05) is 16.2 Å². The number of pyridine rings is 1. The number of halogens is 4. The highest BCUT2D eigenvalue weighted by Crippen LogP contribution is 2.33. The van der Waals surface area contributed by atoms with Gasteiger partial charge in [-0.2, -0.15) is 0 Å². The molecular weight excluding hydrogens is 356 g/mol. The van der Waals surface area contributed by atoms with Crippen molar-refractivity contribution in [3.8, 4) is 0 Å². The van der Waals surface area contributed by atoms with Crippen molar-refractivity contribution in [1.29, 1.82) is 0 Å². The number of hydrogen-bond donors (Lipinski definition) is 2. The zero-order valence-corrected chi connectivity index (χ0v) is 12.6. The van der Waals surface area contributed by atoms with E-state index in [4.69, 9.17) is 29.0 Å². The van der Waals surface area contributed by atoms with Gasteiger partial charge < -0.3 is 0 Å². The van der Waals surface area contributed by atoms with Gasteiger partial charge in [0.2, 0.25) is 0 Å². The van der Waals surface area contributed by atoms with E-state index in [0.717, 1.165) is 0 Å². The summed E-state index contributed by atoms with van der Waals surface area (Å²) in [5, 5.41) is 0.383. The van der Waals surface area contributed by atoms with Gasteiger partial charge in [-0.25, -0.2) is 9.82 Å². The van der Waals surface area contributed by atoms with E-state index in [1.807, 2.05) is 0 Å². The summed E-state index contributed by atoms with van der Waals surface area (Å²) >= 11 is 15.1. The first-order valence-electron chi connectivity index (χ1n) is 5.26. The summed E-state index contributed by atoms with van der Waals surface area (Å²) in [5.41, 5.74) is 3.21. The minimum absolute atomic E-state index is 0.00944. The van der Waals surface area contributed by atoms with Crippen molar-refractivity contribution in [3.63, 3.8) is 0 Å². The smallest absolute Gasteiger partial charge is 0.148 e. The van der Waals surface area contributed by atoms with Crippen molar-refractivity contribution in [2.75, 3.05) is 0 Å². The van der Waals surface area contributed by atoms with Crippen LogP contribution in [0.25, 0.3) is 0 Å². The lowest BCUT2D eigenvalue weighted by molar-refractivity contribution is 0.553. The molecule has 0 aliphatic rings. The minimum Gasteiger partial charge on any atom is -0.271 e. The maximum Gasteiger partial charge on any atom is 0.148 e. The largest absolute Gasteiger partial charge is 0.271 e. The maximum absolute atomic E-state index is 14.2. The molecule has 1 aromatic carbocycles. The molecular formula is C12H9BrCl2FN3. The Hall–Kier alpha value is -0.720. The molecule has 0 saturated heterocycles. The molecule has 1 atom stereocenters. The topological polar surface area (TPSA) is 50.9 Å². The standard InChI is InChI=1S/C12H9BrCl2FN3/c13-7-4-3-6(10(16)9(7)15)11(19-17)12-8(14)2-1-5-18-12/h1-5,11,19H,17H2. The van der Waals surface area contributed by atoms with Crippen molar-refractivity contribution in [2.24, 2.45) is 5.84 Å². The van der Waals surface area contributed by atoms with Crippen LogP contribution in [0.15, 0.2) is 34.9 Å². The van der Waals surface area contributed by atoms with E-state index >= 15 is 0 Å². The highest BCUT2D eigenvalue weighted by atomic mass is 79.9.